The van der Waals surface area contributed by atoms with Gasteiger partial charge in [0.2, 0.25) is 9.04 Å². The second-order valence-corrected chi connectivity index (χ2v) is 14.0. The van der Waals surface area contributed by atoms with E-state index in [1.807, 2.05) is 37.4 Å². The molecule has 2 aliphatic heterocycles. The van der Waals surface area contributed by atoms with E-state index >= 15 is 0 Å². The molecule has 0 unspecified atom stereocenters. The lowest BCUT2D eigenvalue weighted by atomic mass is 9.86. The Morgan fingerprint density at radius 1 is 0.950 bits per heavy atom. The normalized spacial score (nSPS) is 16.1. The lowest BCUT2D eigenvalue weighted by Gasteiger charge is -2.36. The predicted molar refractivity (Wildman–Crippen MR) is 159 cm³/mol. The number of nitrogens with zero attached hydrogens (tertiary/aromatic N) is 4. The zero-order valence-corrected chi connectivity index (χ0v) is 24.9. The number of hydrogen-bond donors (Lipinski definition) is 0. The van der Waals surface area contributed by atoms with Crippen molar-refractivity contribution in [2.75, 3.05) is 28.0 Å². The van der Waals surface area contributed by atoms with E-state index in [0.717, 1.165) is 24.3 Å². The Labute approximate surface area is 237 Å². The van der Waals surface area contributed by atoms with Gasteiger partial charge in [-0.3, -0.25) is 19.4 Å². The van der Waals surface area contributed by atoms with Crippen molar-refractivity contribution in [1.82, 2.24) is 4.98 Å². The second kappa shape index (κ2) is 11.0. The van der Waals surface area contributed by atoms with Crippen LogP contribution in [0.25, 0.3) is 0 Å². The largest absolute Gasteiger partial charge is 0.371 e. The fraction of sp³-hybridized carbons (Fsp3) is 0.355. The van der Waals surface area contributed by atoms with Gasteiger partial charge in [-0.2, -0.15) is 5.06 Å². The first-order valence-electron chi connectivity index (χ1n) is 13.8. The minimum atomic E-state index is -1.77. The quantitative estimate of drug-likeness (QED) is 0.231. The Bertz CT molecular complexity index is 1390. The Balaban J connectivity index is 1.52. The van der Waals surface area contributed by atoms with E-state index in [-0.39, 0.29) is 17.2 Å². The van der Waals surface area contributed by atoms with Crippen LogP contribution in [-0.4, -0.2) is 44.8 Å². The van der Waals surface area contributed by atoms with Crippen LogP contribution in [0.1, 0.15) is 59.9 Å². The molecule has 0 spiro atoms. The minimum absolute atomic E-state index is 0.139. The number of carbonyl (C=O) groups excluding carboxylic acids is 3. The van der Waals surface area contributed by atoms with Gasteiger partial charge >= 0.3 is 0 Å². The summed E-state index contributed by atoms with van der Waals surface area (Å²) in [4.78, 5) is 48.7. The zero-order valence-electron chi connectivity index (χ0n) is 23.8. The number of fused-ring (bicyclic) bond motifs is 1. The highest BCUT2D eigenvalue weighted by Gasteiger charge is 2.40. The van der Waals surface area contributed by atoms with E-state index in [0.29, 0.717) is 35.3 Å². The van der Waals surface area contributed by atoms with Crippen LogP contribution in [0.4, 0.5) is 17.1 Å². The van der Waals surface area contributed by atoms with Gasteiger partial charge in [0.1, 0.15) is 0 Å². The van der Waals surface area contributed by atoms with Crippen LogP contribution < -0.4 is 14.9 Å². The summed E-state index contributed by atoms with van der Waals surface area (Å²) in [6.45, 7) is 11.7. The van der Waals surface area contributed by atoms with E-state index in [1.54, 1.807) is 42.7 Å². The van der Waals surface area contributed by atoms with Gasteiger partial charge in [-0.1, -0.05) is 39.0 Å². The van der Waals surface area contributed by atoms with E-state index in [2.05, 4.69) is 30.7 Å². The number of carbonyl (C=O) groups is 3. The molecule has 2 aromatic carbocycles. The van der Waals surface area contributed by atoms with Gasteiger partial charge in [-0.05, 0) is 73.3 Å². The van der Waals surface area contributed by atoms with Gasteiger partial charge in [0.05, 0.1) is 22.5 Å². The molecule has 0 atom stereocenters. The molecular weight excluding hydrogens is 520 g/mol. The van der Waals surface area contributed by atoms with Crippen molar-refractivity contribution in [3.63, 3.8) is 0 Å². The lowest BCUT2D eigenvalue weighted by Crippen LogP contribution is -2.45. The topological polar surface area (TPSA) is 83.1 Å². The van der Waals surface area contributed by atoms with Crippen molar-refractivity contribution in [3.05, 3.63) is 83.7 Å². The number of piperidine rings is 1. The van der Waals surface area contributed by atoms with E-state index in [9.17, 15) is 14.4 Å². The smallest absolute Gasteiger partial charge is 0.266 e. The summed E-state index contributed by atoms with van der Waals surface area (Å²) in [5.74, 6) is -1.19. The van der Waals surface area contributed by atoms with Crippen LogP contribution in [0.15, 0.2) is 67.0 Å². The molecule has 0 radical (unpaired) electrons. The summed E-state index contributed by atoms with van der Waals surface area (Å²) in [5.41, 5.74) is 3.35. The molecule has 2 aliphatic rings. The van der Waals surface area contributed by atoms with Gasteiger partial charge < -0.3 is 9.43 Å². The molecule has 0 saturated carbocycles. The second-order valence-electron chi connectivity index (χ2n) is 11.7. The van der Waals surface area contributed by atoms with Gasteiger partial charge in [-0.25, -0.2) is 4.90 Å². The van der Waals surface area contributed by atoms with Gasteiger partial charge in [0.25, 0.3) is 17.7 Å². The van der Waals surface area contributed by atoms with Crippen LogP contribution in [-0.2, 0) is 14.7 Å². The number of hydrogen-bond acceptors (Lipinski definition) is 6. The number of aromatic nitrogens is 1. The molecule has 3 aromatic rings. The number of pyridine rings is 1. The Morgan fingerprint density at radius 3 is 2.10 bits per heavy atom. The standard InChI is InChI=1S/C31H36N4O4Si/c1-31(2,3)22-10-11-26(34-29(37)24-8-6-7-9-25(24)30(34)38)27(20-22)35(39-40(4)5)28(36)21-14-18-33(19-15-21)23-12-16-32-17-13-23/h6-13,16-17,20-21,40H,14-15,18-19H2,1-5H3. The maximum Gasteiger partial charge on any atom is 0.266 e. The Kier molecular flexibility index (Phi) is 7.61. The molecule has 0 N–H and O–H groups in total. The third-order valence-electron chi connectivity index (χ3n) is 7.48. The lowest BCUT2D eigenvalue weighted by molar-refractivity contribution is -0.127. The van der Waals surface area contributed by atoms with Crippen molar-refractivity contribution >= 4 is 43.8 Å². The van der Waals surface area contributed by atoms with Crippen LogP contribution in [0.5, 0.6) is 0 Å². The highest BCUT2D eigenvalue weighted by Crippen LogP contribution is 2.40. The van der Waals surface area contributed by atoms with Crippen LogP contribution in [0.2, 0.25) is 13.1 Å². The molecule has 1 fully saturated rings. The van der Waals surface area contributed by atoms with Gasteiger partial charge in [0, 0.05) is 37.1 Å². The number of rotatable bonds is 6. The summed E-state index contributed by atoms with van der Waals surface area (Å²) in [5, 5.41) is 1.40. The number of hydroxylamine groups is 1. The maximum absolute atomic E-state index is 14.2. The summed E-state index contributed by atoms with van der Waals surface area (Å²) >= 11 is 0. The van der Waals surface area contributed by atoms with Crippen molar-refractivity contribution < 1.29 is 18.9 Å². The Morgan fingerprint density at radius 2 is 1.55 bits per heavy atom. The third-order valence-corrected chi connectivity index (χ3v) is 8.12. The maximum atomic E-state index is 14.2. The average molecular weight is 557 g/mol. The van der Waals surface area contributed by atoms with E-state index in [4.69, 9.17) is 4.53 Å². The molecule has 3 amide bonds. The SMILES string of the molecule is C[SiH](C)ON(C(=O)C1CCN(c2ccncc2)CC1)c1cc(C(C)(C)C)ccc1N1C(=O)c2ccccc2C1=O. The minimum Gasteiger partial charge on any atom is -0.371 e. The van der Waals surface area contributed by atoms with Gasteiger partial charge in [-0.15, -0.1) is 0 Å². The molecular formula is C31H36N4O4Si. The molecule has 0 aliphatic carbocycles. The number of imide groups is 1. The summed E-state index contributed by atoms with van der Waals surface area (Å²) in [7, 11) is -1.77. The molecule has 40 heavy (non-hydrogen) atoms. The molecule has 5 rings (SSSR count). The first-order chi connectivity index (χ1) is 19.1. The molecule has 9 heteroatoms. The zero-order chi connectivity index (χ0) is 28.6. The molecule has 3 heterocycles. The molecule has 1 aromatic heterocycles. The molecule has 0 bridgehead atoms. The fourth-order valence-corrected chi connectivity index (χ4v) is 5.93. The van der Waals surface area contributed by atoms with Crippen molar-refractivity contribution in [3.8, 4) is 0 Å². The number of amides is 3. The first-order valence-corrected chi connectivity index (χ1v) is 16.6. The molecule has 8 nitrogen and oxygen atoms in total. The van der Waals surface area contributed by atoms with E-state index in [1.165, 1.54) is 9.96 Å². The highest BCUT2D eigenvalue weighted by molar-refractivity contribution is 6.49. The van der Waals surface area contributed by atoms with Crippen molar-refractivity contribution in [2.45, 2.75) is 52.1 Å². The number of benzene rings is 2. The molecule has 208 valence electrons. The average Bonchev–Trinajstić information content (AvgIpc) is 3.20. The highest BCUT2D eigenvalue weighted by atomic mass is 28.3. The summed E-state index contributed by atoms with van der Waals surface area (Å²) in [6, 6.07) is 16.4. The summed E-state index contributed by atoms with van der Waals surface area (Å²) < 4.78 is 6.33. The molecule has 1 saturated heterocycles. The Hall–Kier alpha value is -3.82. The van der Waals surface area contributed by atoms with Gasteiger partial charge in [0.15, 0.2) is 0 Å². The van der Waals surface area contributed by atoms with Crippen LogP contribution in [0.3, 0.4) is 0 Å². The van der Waals surface area contributed by atoms with Crippen LogP contribution >= 0.6 is 0 Å². The van der Waals surface area contributed by atoms with Crippen molar-refractivity contribution in [1.29, 1.82) is 0 Å². The first kappa shape index (κ1) is 27.7. The summed E-state index contributed by atoms with van der Waals surface area (Å²) in [6.07, 6.45) is 4.89. The monoisotopic (exact) mass is 556 g/mol. The van der Waals surface area contributed by atoms with Crippen molar-refractivity contribution in [2.24, 2.45) is 5.92 Å². The number of anilines is 3. The third kappa shape index (κ3) is 5.31. The van der Waals surface area contributed by atoms with Crippen LogP contribution in [0, 0.1) is 5.92 Å². The predicted octanol–water partition coefficient (Wildman–Crippen LogP) is 5.34. The van der Waals surface area contributed by atoms with E-state index < -0.39 is 20.9 Å². The fourth-order valence-electron chi connectivity index (χ4n) is 5.29.